The highest BCUT2D eigenvalue weighted by Gasteiger charge is 2.13. The summed E-state index contributed by atoms with van der Waals surface area (Å²) in [6.45, 7) is 10.4. The van der Waals surface area contributed by atoms with Gasteiger partial charge in [-0.25, -0.2) is 5.43 Å². The normalized spacial score (nSPS) is 11.1. The van der Waals surface area contributed by atoms with Crippen molar-refractivity contribution in [3.05, 3.63) is 87.7 Å². The number of nitrogens with one attached hydrogen (secondary N) is 1. The predicted octanol–water partition coefficient (Wildman–Crippen LogP) is 4.78. The summed E-state index contributed by atoms with van der Waals surface area (Å²) in [5, 5.41) is 4.16. The number of hydrazone groups is 1. The highest BCUT2D eigenvalue weighted by molar-refractivity contribution is 5.95. The summed E-state index contributed by atoms with van der Waals surface area (Å²) in [6, 6.07) is 15.9. The zero-order chi connectivity index (χ0) is 19.6. The van der Waals surface area contributed by atoms with Crippen molar-refractivity contribution in [2.45, 2.75) is 34.6 Å². The fourth-order valence-electron chi connectivity index (χ4n) is 3.43. The molecule has 0 radical (unpaired) electrons. The average Bonchev–Trinajstić information content (AvgIpc) is 2.89. The molecule has 1 heterocycles. The van der Waals surface area contributed by atoms with Crippen molar-refractivity contribution in [1.29, 1.82) is 0 Å². The van der Waals surface area contributed by atoms with Gasteiger partial charge in [0.1, 0.15) is 0 Å². The molecule has 2 aromatic carbocycles. The molecular formula is C23H25N3O. The summed E-state index contributed by atoms with van der Waals surface area (Å²) in [4.78, 5) is 12.2. The lowest BCUT2D eigenvalue weighted by Gasteiger charge is -2.15. The van der Waals surface area contributed by atoms with Gasteiger partial charge in [-0.2, -0.15) is 5.10 Å². The Bertz CT molecular complexity index is 1010. The van der Waals surface area contributed by atoms with Crippen LogP contribution in [0.25, 0.3) is 5.69 Å². The fraction of sp³-hybridized carbons (Fsp3) is 0.217. The summed E-state index contributed by atoms with van der Waals surface area (Å²) >= 11 is 0. The van der Waals surface area contributed by atoms with E-state index in [1.165, 1.54) is 16.8 Å². The van der Waals surface area contributed by atoms with Crippen molar-refractivity contribution >= 4 is 12.1 Å². The van der Waals surface area contributed by atoms with Gasteiger partial charge >= 0.3 is 0 Å². The first-order chi connectivity index (χ1) is 12.9. The van der Waals surface area contributed by atoms with Crippen molar-refractivity contribution < 1.29 is 4.79 Å². The molecule has 0 saturated heterocycles. The zero-order valence-electron chi connectivity index (χ0n) is 16.5. The quantitative estimate of drug-likeness (QED) is 0.529. The van der Waals surface area contributed by atoms with Crippen LogP contribution in [0.1, 0.15) is 44.0 Å². The van der Waals surface area contributed by atoms with Crippen LogP contribution >= 0.6 is 0 Å². The van der Waals surface area contributed by atoms with Crippen LogP contribution in [0.5, 0.6) is 0 Å². The second-order valence-electron chi connectivity index (χ2n) is 6.97. The van der Waals surface area contributed by atoms with Gasteiger partial charge in [0.15, 0.2) is 0 Å². The van der Waals surface area contributed by atoms with Crippen LogP contribution in [0.2, 0.25) is 0 Å². The minimum atomic E-state index is -0.210. The molecule has 1 N–H and O–H groups in total. The molecule has 138 valence electrons. The maximum atomic E-state index is 12.2. The number of hydrogen-bond donors (Lipinski definition) is 1. The molecule has 0 atom stereocenters. The summed E-state index contributed by atoms with van der Waals surface area (Å²) in [5.41, 5.74) is 11.1. The van der Waals surface area contributed by atoms with Crippen LogP contribution in [0.4, 0.5) is 0 Å². The average molecular weight is 359 g/mol. The second kappa shape index (κ2) is 7.62. The van der Waals surface area contributed by atoms with Crippen LogP contribution in [0, 0.1) is 34.6 Å². The molecule has 0 bridgehead atoms. The third-order valence-electron chi connectivity index (χ3n) is 4.78. The van der Waals surface area contributed by atoms with Gasteiger partial charge in [-0.1, -0.05) is 35.9 Å². The van der Waals surface area contributed by atoms with E-state index in [2.05, 4.69) is 67.1 Å². The van der Waals surface area contributed by atoms with Crippen LogP contribution in [0.3, 0.4) is 0 Å². The summed E-state index contributed by atoms with van der Waals surface area (Å²) < 4.78 is 2.24. The molecule has 3 aromatic rings. The number of amides is 1. The zero-order valence-corrected chi connectivity index (χ0v) is 16.5. The summed E-state index contributed by atoms with van der Waals surface area (Å²) in [7, 11) is 0. The molecule has 0 aliphatic rings. The van der Waals surface area contributed by atoms with E-state index in [4.69, 9.17) is 0 Å². The van der Waals surface area contributed by atoms with Crippen molar-refractivity contribution in [2.24, 2.45) is 5.10 Å². The number of rotatable bonds is 4. The third kappa shape index (κ3) is 3.85. The minimum Gasteiger partial charge on any atom is -0.317 e. The van der Waals surface area contributed by atoms with Crippen LogP contribution < -0.4 is 5.43 Å². The Balaban J connectivity index is 1.85. The van der Waals surface area contributed by atoms with E-state index in [1.54, 1.807) is 12.3 Å². The molecule has 0 unspecified atom stereocenters. The van der Waals surface area contributed by atoms with Gasteiger partial charge < -0.3 is 4.57 Å². The van der Waals surface area contributed by atoms with E-state index in [0.29, 0.717) is 5.56 Å². The smallest absolute Gasteiger partial charge is 0.271 e. The first-order valence-corrected chi connectivity index (χ1v) is 9.04. The van der Waals surface area contributed by atoms with Crippen LogP contribution in [0.15, 0.2) is 53.6 Å². The van der Waals surface area contributed by atoms with Crippen molar-refractivity contribution in [1.82, 2.24) is 9.99 Å². The standard InChI is InChI=1S/C23H25N3O/c1-15-8-6-11-20(12-15)23(27)25-24-14-21-13-18(4)26(19(21)5)22-16(2)9-7-10-17(22)3/h6-14H,1-5H3,(H,25,27)/b24-14+. The Kier molecular flexibility index (Phi) is 5.26. The molecule has 0 saturated carbocycles. The first-order valence-electron chi connectivity index (χ1n) is 9.04. The Morgan fingerprint density at radius 3 is 2.30 bits per heavy atom. The van der Waals surface area contributed by atoms with Gasteiger partial charge in [0.2, 0.25) is 0 Å². The van der Waals surface area contributed by atoms with E-state index < -0.39 is 0 Å². The van der Waals surface area contributed by atoms with Gasteiger partial charge in [-0.3, -0.25) is 4.79 Å². The topological polar surface area (TPSA) is 46.4 Å². The largest absolute Gasteiger partial charge is 0.317 e. The van der Waals surface area contributed by atoms with Crippen LogP contribution in [-0.2, 0) is 0 Å². The van der Waals surface area contributed by atoms with E-state index in [1.807, 2.05) is 25.1 Å². The Morgan fingerprint density at radius 1 is 0.963 bits per heavy atom. The lowest BCUT2D eigenvalue weighted by atomic mass is 10.1. The summed E-state index contributed by atoms with van der Waals surface area (Å²) in [5.74, 6) is -0.210. The predicted molar refractivity (Wildman–Crippen MR) is 111 cm³/mol. The number of para-hydroxylation sites is 1. The third-order valence-corrected chi connectivity index (χ3v) is 4.78. The van der Waals surface area contributed by atoms with Gasteiger partial charge in [-0.15, -0.1) is 0 Å². The first kappa shape index (κ1) is 18.6. The molecular weight excluding hydrogens is 334 g/mol. The molecule has 0 aliphatic heterocycles. The number of benzene rings is 2. The summed E-state index contributed by atoms with van der Waals surface area (Å²) in [6.07, 6.45) is 1.71. The van der Waals surface area contributed by atoms with Gasteiger partial charge in [0.25, 0.3) is 5.91 Å². The number of aromatic nitrogens is 1. The monoisotopic (exact) mass is 359 g/mol. The van der Waals surface area contributed by atoms with Gasteiger partial charge in [0, 0.05) is 22.5 Å². The Labute approximate surface area is 160 Å². The molecule has 4 nitrogen and oxygen atoms in total. The molecule has 27 heavy (non-hydrogen) atoms. The van der Waals surface area contributed by atoms with E-state index in [0.717, 1.165) is 22.5 Å². The number of carbonyl (C=O) groups is 1. The van der Waals surface area contributed by atoms with Gasteiger partial charge in [0.05, 0.1) is 11.9 Å². The highest BCUT2D eigenvalue weighted by atomic mass is 16.2. The number of carbonyl (C=O) groups excluding carboxylic acids is 1. The van der Waals surface area contributed by atoms with E-state index in [9.17, 15) is 4.79 Å². The molecule has 4 heteroatoms. The van der Waals surface area contributed by atoms with E-state index >= 15 is 0 Å². The van der Waals surface area contributed by atoms with Crippen molar-refractivity contribution in [2.75, 3.05) is 0 Å². The molecule has 0 aliphatic carbocycles. The fourth-order valence-corrected chi connectivity index (χ4v) is 3.43. The SMILES string of the molecule is Cc1cccc(C(=O)N/N=C/c2cc(C)n(-c3c(C)cccc3C)c2C)c1. The number of nitrogens with zero attached hydrogens (tertiary/aromatic N) is 2. The minimum absolute atomic E-state index is 0.210. The lowest BCUT2D eigenvalue weighted by Crippen LogP contribution is -2.17. The highest BCUT2D eigenvalue weighted by Crippen LogP contribution is 2.25. The number of hydrogen-bond acceptors (Lipinski definition) is 2. The lowest BCUT2D eigenvalue weighted by molar-refractivity contribution is 0.0955. The maximum absolute atomic E-state index is 12.2. The molecule has 1 aromatic heterocycles. The Hall–Kier alpha value is -3.14. The van der Waals surface area contributed by atoms with Crippen molar-refractivity contribution in [3.63, 3.8) is 0 Å². The number of aryl methyl sites for hydroxylation is 4. The molecule has 1 amide bonds. The van der Waals surface area contributed by atoms with Gasteiger partial charge in [-0.05, 0) is 63.9 Å². The second-order valence-corrected chi connectivity index (χ2v) is 6.97. The van der Waals surface area contributed by atoms with Crippen LogP contribution in [-0.4, -0.2) is 16.7 Å². The molecule has 3 rings (SSSR count). The van der Waals surface area contributed by atoms with E-state index in [-0.39, 0.29) is 5.91 Å². The molecule has 0 fully saturated rings. The maximum Gasteiger partial charge on any atom is 0.271 e. The Morgan fingerprint density at radius 2 is 1.63 bits per heavy atom. The van der Waals surface area contributed by atoms with Crippen molar-refractivity contribution in [3.8, 4) is 5.69 Å². The molecule has 0 spiro atoms.